The van der Waals surface area contributed by atoms with Crippen LogP contribution in [-0.2, 0) is 16.0 Å². The predicted molar refractivity (Wildman–Crippen MR) is 178 cm³/mol. The molecule has 9 nitrogen and oxygen atoms in total. The molecule has 0 spiro atoms. The largest absolute Gasteiger partial charge is 0.415 e. The zero-order valence-corrected chi connectivity index (χ0v) is 26.7. The summed E-state index contributed by atoms with van der Waals surface area (Å²) in [6.07, 6.45) is 6.67. The van der Waals surface area contributed by atoms with Crippen LogP contribution in [0.2, 0.25) is 0 Å². The Morgan fingerprint density at radius 2 is 1.69 bits per heavy atom. The molecule has 0 aliphatic carbocycles. The molecule has 3 heterocycles. The SMILES string of the molecule is NC(C(=O)Nc1cccc(F)c1CC[C@@H]1CNC[C@@H](CSc2nnc(C3C=CN=CC3)o2)O1)C(c1ccc(F)cc1)c1ccc(F)cc1. The van der Waals surface area contributed by atoms with Gasteiger partial charge in [-0.2, -0.15) is 0 Å². The standard InChI is InChI=1S/C35H35F3N6O3S/c36-24-8-4-21(5-9-24)31(22-6-10-25(37)11-7-22)32(39)33(45)42-30-3-1-2-29(38)28(30)13-12-26-18-41-19-27(46-26)20-48-35-44-43-34(47-35)23-14-16-40-17-15-23/h1-11,14,16-17,23,26-27,31-32,41H,12-13,15,18-20,39H2,(H,42,45)/t23?,26-,27+,32?/m1/s1. The average molecular weight is 677 g/mol. The highest BCUT2D eigenvalue weighted by molar-refractivity contribution is 7.99. The minimum Gasteiger partial charge on any atom is -0.415 e. The number of carbonyl (C=O) groups excluding carboxylic acids is 1. The number of nitrogens with two attached hydrogens (primary N) is 1. The van der Waals surface area contributed by atoms with Crippen LogP contribution in [0.25, 0.3) is 0 Å². The number of aromatic nitrogens is 2. The number of morpholine rings is 1. The highest BCUT2D eigenvalue weighted by atomic mass is 32.2. The topological polar surface area (TPSA) is 128 Å². The second-order valence-corrected chi connectivity index (χ2v) is 12.6. The Morgan fingerprint density at radius 1 is 0.979 bits per heavy atom. The van der Waals surface area contributed by atoms with Crippen molar-refractivity contribution in [3.8, 4) is 0 Å². The molecule has 4 aromatic rings. The first kappa shape index (κ1) is 33.6. The van der Waals surface area contributed by atoms with E-state index in [2.05, 4.69) is 25.8 Å². The third-order valence-corrected chi connectivity index (χ3v) is 9.29. The van der Waals surface area contributed by atoms with Gasteiger partial charge in [-0.25, -0.2) is 13.2 Å². The fraction of sp³-hybridized carbons (Fsp3) is 0.314. The molecule has 4 atom stereocenters. The number of nitrogens with one attached hydrogen (secondary N) is 2. The Labute approximate surface area is 280 Å². The maximum Gasteiger partial charge on any atom is 0.276 e. The summed E-state index contributed by atoms with van der Waals surface area (Å²) in [7, 11) is 0. The van der Waals surface area contributed by atoms with E-state index in [1.807, 2.05) is 12.3 Å². The number of hydrogen-bond donors (Lipinski definition) is 3. The number of aliphatic imine (C=N–C) groups is 1. The zero-order valence-electron chi connectivity index (χ0n) is 25.9. The number of nitrogens with zero attached hydrogens (tertiary/aromatic N) is 3. The third-order valence-electron chi connectivity index (χ3n) is 8.34. The summed E-state index contributed by atoms with van der Waals surface area (Å²) in [6, 6.07) is 14.6. The van der Waals surface area contributed by atoms with Crippen molar-refractivity contribution in [1.29, 1.82) is 0 Å². The molecule has 2 unspecified atom stereocenters. The van der Waals surface area contributed by atoms with Crippen LogP contribution in [0.4, 0.5) is 18.9 Å². The van der Waals surface area contributed by atoms with Crippen molar-refractivity contribution < 1.29 is 27.1 Å². The number of allylic oxidation sites excluding steroid dienone is 1. The molecule has 1 aromatic heterocycles. The first-order valence-corrected chi connectivity index (χ1v) is 16.7. The van der Waals surface area contributed by atoms with Crippen molar-refractivity contribution in [2.45, 2.75) is 54.6 Å². The number of rotatable bonds is 12. The molecule has 0 saturated carbocycles. The van der Waals surface area contributed by atoms with Gasteiger partial charge in [-0.3, -0.25) is 9.79 Å². The summed E-state index contributed by atoms with van der Waals surface area (Å²) >= 11 is 1.42. The van der Waals surface area contributed by atoms with Gasteiger partial charge in [0.05, 0.1) is 24.2 Å². The Morgan fingerprint density at radius 3 is 2.38 bits per heavy atom. The molecule has 250 valence electrons. The third kappa shape index (κ3) is 8.40. The number of thioether (sulfide) groups is 1. The van der Waals surface area contributed by atoms with Crippen LogP contribution in [0.1, 0.15) is 47.3 Å². The Hall–Kier alpha value is -4.30. The van der Waals surface area contributed by atoms with E-state index >= 15 is 4.39 Å². The van der Waals surface area contributed by atoms with Crippen molar-refractivity contribution >= 4 is 29.6 Å². The molecule has 1 fully saturated rings. The number of carbonyl (C=O) groups is 1. The number of halogens is 3. The van der Waals surface area contributed by atoms with E-state index in [0.717, 1.165) is 0 Å². The lowest BCUT2D eigenvalue weighted by molar-refractivity contribution is -0.117. The van der Waals surface area contributed by atoms with Gasteiger partial charge in [0.2, 0.25) is 11.8 Å². The average Bonchev–Trinajstić information content (AvgIpc) is 3.59. The van der Waals surface area contributed by atoms with Crippen LogP contribution in [0.15, 0.2) is 93.6 Å². The summed E-state index contributed by atoms with van der Waals surface area (Å²) in [6.45, 7) is 1.24. The summed E-state index contributed by atoms with van der Waals surface area (Å²) < 4.78 is 54.8. The van der Waals surface area contributed by atoms with Crippen molar-refractivity contribution in [2.75, 3.05) is 24.2 Å². The van der Waals surface area contributed by atoms with Gasteiger partial charge in [-0.05, 0) is 66.8 Å². The quantitative estimate of drug-likeness (QED) is 0.162. The van der Waals surface area contributed by atoms with Gasteiger partial charge in [-0.1, -0.05) is 48.2 Å². The molecule has 13 heteroatoms. The minimum absolute atomic E-state index is 0.0242. The number of ether oxygens (including phenoxy) is 1. The fourth-order valence-corrected chi connectivity index (χ4v) is 6.60. The molecular formula is C35H35F3N6O3S. The number of amides is 1. The smallest absolute Gasteiger partial charge is 0.276 e. The highest BCUT2D eigenvalue weighted by Gasteiger charge is 2.29. The maximum absolute atomic E-state index is 15.2. The molecule has 6 rings (SSSR count). The van der Waals surface area contributed by atoms with Gasteiger partial charge < -0.3 is 25.5 Å². The van der Waals surface area contributed by atoms with Gasteiger partial charge >= 0.3 is 0 Å². The summed E-state index contributed by atoms with van der Waals surface area (Å²) in [5.41, 5.74) is 8.30. The van der Waals surface area contributed by atoms with Crippen molar-refractivity contribution in [3.63, 3.8) is 0 Å². The molecule has 0 radical (unpaired) electrons. The Balaban J connectivity index is 1.07. The van der Waals surface area contributed by atoms with Crippen molar-refractivity contribution in [2.24, 2.45) is 10.7 Å². The zero-order chi connectivity index (χ0) is 33.5. The predicted octanol–water partition coefficient (Wildman–Crippen LogP) is 5.74. The van der Waals surface area contributed by atoms with Crippen LogP contribution in [0.3, 0.4) is 0 Å². The maximum atomic E-state index is 15.2. The van der Waals surface area contributed by atoms with E-state index in [1.54, 1.807) is 12.3 Å². The van der Waals surface area contributed by atoms with Crippen LogP contribution >= 0.6 is 11.8 Å². The number of hydrogen-bond acceptors (Lipinski definition) is 9. The first-order chi connectivity index (χ1) is 23.3. The monoisotopic (exact) mass is 676 g/mol. The van der Waals surface area contributed by atoms with E-state index in [9.17, 15) is 13.6 Å². The van der Waals surface area contributed by atoms with E-state index in [0.29, 0.717) is 71.6 Å². The highest BCUT2D eigenvalue weighted by Crippen LogP contribution is 2.30. The molecule has 4 N–H and O–H groups in total. The van der Waals surface area contributed by atoms with Gasteiger partial charge in [0.25, 0.3) is 5.22 Å². The second kappa shape index (κ2) is 15.7. The van der Waals surface area contributed by atoms with E-state index in [-0.39, 0.29) is 18.1 Å². The van der Waals surface area contributed by atoms with Crippen LogP contribution in [0, 0.1) is 17.5 Å². The lowest BCUT2D eigenvalue weighted by Crippen LogP contribution is -2.46. The lowest BCUT2D eigenvalue weighted by Gasteiger charge is -2.31. The van der Waals surface area contributed by atoms with Crippen LogP contribution < -0.4 is 16.4 Å². The summed E-state index contributed by atoms with van der Waals surface area (Å²) in [5, 5.41) is 15.0. The summed E-state index contributed by atoms with van der Waals surface area (Å²) in [5.74, 6) is -1.45. The summed E-state index contributed by atoms with van der Waals surface area (Å²) in [4.78, 5) is 17.6. The first-order valence-electron chi connectivity index (χ1n) is 15.7. The van der Waals surface area contributed by atoms with E-state index in [1.165, 1.54) is 72.4 Å². The molecule has 2 aliphatic rings. The molecule has 1 saturated heterocycles. The molecular weight excluding hydrogens is 641 g/mol. The van der Waals surface area contributed by atoms with Gasteiger partial charge in [-0.15, -0.1) is 10.2 Å². The van der Waals surface area contributed by atoms with Crippen LogP contribution in [-0.4, -0.2) is 59.4 Å². The number of anilines is 1. The van der Waals surface area contributed by atoms with Gasteiger partial charge in [0.15, 0.2) is 0 Å². The molecule has 0 bridgehead atoms. The van der Waals surface area contributed by atoms with Crippen molar-refractivity contribution in [1.82, 2.24) is 15.5 Å². The van der Waals surface area contributed by atoms with Crippen LogP contribution in [0.5, 0.6) is 0 Å². The molecule has 48 heavy (non-hydrogen) atoms. The Bertz CT molecular complexity index is 1710. The minimum atomic E-state index is -1.15. The molecule has 1 amide bonds. The second-order valence-electron chi connectivity index (χ2n) is 11.7. The fourth-order valence-electron chi connectivity index (χ4n) is 5.84. The molecule has 3 aromatic carbocycles. The van der Waals surface area contributed by atoms with Gasteiger partial charge in [0.1, 0.15) is 17.5 Å². The number of benzene rings is 3. The van der Waals surface area contributed by atoms with E-state index in [4.69, 9.17) is 14.9 Å². The Kier molecular flexibility index (Phi) is 11.0. The van der Waals surface area contributed by atoms with Crippen molar-refractivity contribution in [3.05, 3.63) is 119 Å². The van der Waals surface area contributed by atoms with E-state index < -0.39 is 35.3 Å². The normalized spacial score (nSPS) is 19.8. The van der Waals surface area contributed by atoms with Gasteiger partial charge in [0, 0.05) is 48.4 Å². The lowest BCUT2D eigenvalue weighted by atomic mass is 9.85. The molecule has 2 aliphatic heterocycles.